The number of aliphatic hydroxyl groups excluding tert-OH is 1. The first-order valence-electron chi connectivity index (χ1n) is 3.96. The van der Waals surface area contributed by atoms with Crippen LogP contribution in [0.3, 0.4) is 0 Å². The zero-order valence-corrected chi connectivity index (χ0v) is 7.12. The van der Waals surface area contributed by atoms with Gasteiger partial charge in [-0.15, -0.1) is 5.73 Å². The Balaban J connectivity index is 2.67. The minimum atomic E-state index is -0.446. The van der Waals surface area contributed by atoms with Gasteiger partial charge in [0.25, 0.3) is 0 Å². The lowest BCUT2D eigenvalue weighted by atomic mass is 10.1. The predicted octanol–water partition coefficient (Wildman–Crippen LogP) is 0.774. The van der Waals surface area contributed by atoms with Gasteiger partial charge >= 0.3 is 0 Å². The highest BCUT2D eigenvalue weighted by Crippen LogP contribution is 2.05. The monoisotopic (exact) mass is 163 g/mol. The second kappa shape index (κ2) is 4.73. The van der Waals surface area contributed by atoms with Crippen molar-refractivity contribution < 1.29 is 5.11 Å². The molecule has 0 unspecified atom stereocenters. The molecule has 0 heterocycles. The third kappa shape index (κ3) is 2.51. The fraction of sp³-hybridized carbons (Fsp3) is 0.300. The van der Waals surface area contributed by atoms with Gasteiger partial charge in [-0.1, -0.05) is 18.2 Å². The molecule has 0 saturated carbocycles. The molecule has 0 aromatic heterocycles. The first-order valence-corrected chi connectivity index (χ1v) is 3.96. The molecule has 0 fully saturated rings. The lowest BCUT2D eigenvalue weighted by Gasteiger charge is -2.09. The van der Waals surface area contributed by atoms with Crippen LogP contribution in [-0.4, -0.2) is 24.8 Å². The molecule has 0 bridgehead atoms. The van der Waals surface area contributed by atoms with Crippen LogP contribution in [0, 0.1) is 0 Å². The van der Waals surface area contributed by atoms with Crippen molar-refractivity contribution in [2.24, 2.45) is 0 Å². The number of allylic oxidation sites excluding steroid dienone is 3. The van der Waals surface area contributed by atoms with Crippen LogP contribution in [0.15, 0.2) is 41.7 Å². The molecule has 0 aromatic rings. The summed E-state index contributed by atoms with van der Waals surface area (Å²) < 4.78 is 0. The molecule has 0 amide bonds. The minimum Gasteiger partial charge on any atom is -0.387 e. The Kier molecular flexibility index (Phi) is 3.55. The number of likely N-dealkylation sites (N-methyl/N-ethyl adjacent to an activating group) is 1. The molecular formula is C10H13NO. The summed E-state index contributed by atoms with van der Waals surface area (Å²) in [6, 6.07) is 0. The summed E-state index contributed by atoms with van der Waals surface area (Å²) in [4.78, 5) is 0. The highest BCUT2D eigenvalue weighted by molar-refractivity contribution is 5.31. The number of hydrogen-bond donors (Lipinski definition) is 2. The van der Waals surface area contributed by atoms with Crippen LogP contribution >= 0.6 is 0 Å². The van der Waals surface area contributed by atoms with Gasteiger partial charge in [0.2, 0.25) is 0 Å². The molecule has 2 N–H and O–H groups in total. The summed E-state index contributed by atoms with van der Waals surface area (Å²) in [6.07, 6.45) is 8.83. The second-order valence-electron chi connectivity index (χ2n) is 2.60. The van der Waals surface area contributed by atoms with Gasteiger partial charge in [0.1, 0.15) is 0 Å². The molecule has 1 aliphatic rings. The molecule has 0 saturated heterocycles. The smallest absolute Gasteiger partial charge is 0.0920 e. The van der Waals surface area contributed by atoms with E-state index in [1.54, 1.807) is 6.08 Å². The normalized spacial score (nSPS) is 17.3. The highest BCUT2D eigenvalue weighted by atomic mass is 16.3. The van der Waals surface area contributed by atoms with Crippen LogP contribution in [0.5, 0.6) is 0 Å². The molecule has 0 radical (unpaired) electrons. The average Bonchev–Trinajstić information content (AvgIpc) is 2.32. The van der Waals surface area contributed by atoms with Crippen LogP contribution in [-0.2, 0) is 0 Å². The standard InChI is InChI=1S/C10H13NO/c1-11-8-10(12)9-6-4-2-3-5-7-9/h2-4,6-7,10-12H,8H2,1H3/t10-/m1/s1. The van der Waals surface area contributed by atoms with Crippen molar-refractivity contribution in [2.75, 3.05) is 13.6 Å². The summed E-state index contributed by atoms with van der Waals surface area (Å²) in [6.45, 7) is 0.567. The van der Waals surface area contributed by atoms with Crippen molar-refractivity contribution in [3.63, 3.8) is 0 Å². The van der Waals surface area contributed by atoms with E-state index in [0.717, 1.165) is 5.57 Å². The number of nitrogens with one attached hydrogen (secondary N) is 1. The molecule has 2 heteroatoms. The molecule has 64 valence electrons. The number of aliphatic hydroxyl groups is 1. The van der Waals surface area contributed by atoms with Gasteiger partial charge in [0, 0.05) is 6.54 Å². The van der Waals surface area contributed by atoms with E-state index in [4.69, 9.17) is 0 Å². The molecule has 0 spiro atoms. The summed E-state index contributed by atoms with van der Waals surface area (Å²) in [5.74, 6) is 0. The van der Waals surface area contributed by atoms with E-state index in [2.05, 4.69) is 11.0 Å². The lowest BCUT2D eigenvalue weighted by Crippen LogP contribution is -2.24. The third-order valence-corrected chi connectivity index (χ3v) is 1.62. The first-order chi connectivity index (χ1) is 5.84. The Morgan fingerprint density at radius 2 is 2.42 bits per heavy atom. The first kappa shape index (κ1) is 9.01. The van der Waals surface area contributed by atoms with Crippen molar-refractivity contribution in [3.8, 4) is 0 Å². The fourth-order valence-corrected chi connectivity index (χ4v) is 0.989. The van der Waals surface area contributed by atoms with E-state index >= 15 is 0 Å². The van der Waals surface area contributed by atoms with Gasteiger partial charge in [-0.3, -0.25) is 0 Å². The molecule has 1 rings (SSSR count). The maximum absolute atomic E-state index is 9.55. The zero-order valence-electron chi connectivity index (χ0n) is 7.12. The summed E-state index contributed by atoms with van der Waals surface area (Å²) >= 11 is 0. The summed E-state index contributed by atoms with van der Waals surface area (Å²) in [5, 5.41) is 12.5. The Labute approximate surface area is 72.6 Å². The summed E-state index contributed by atoms with van der Waals surface area (Å²) in [7, 11) is 1.82. The van der Waals surface area contributed by atoms with Crippen molar-refractivity contribution in [2.45, 2.75) is 6.10 Å². The van der Waals surface area contributed by atoms with Crippen LogP contribution < -0.4 is 5.32 Å². The Morgan fingerprint density at radius 1 is 1.58 bits per heavy atom. The lowest BCUT2D eigenvalue weighted by molar-refractivity contribution is 0.214. The number of rotatable bonds is 3. The second-order valence-corrected chi connectivity index (χ2v) is 2.60. The van der Waals surface area contributed by atoms with E-state index in [1.165, 1.54) is 0 Å². The Bertz CT molecular complexity index is 257. The topological polar surface area (TPSA) is 32.3 Å². The minimum absolute atomic E-state index is 0.446. The Morgan fingerprint density at radius 3 is 3.17 bits per heavy atom. The van der Waals surface area contributed by atoms with Crippen molar-refractivity contribution in [1.82, 2.24) is 5.32 Å². The van der Waals surface area contributed by atoms with Crippen LogP contribution in [0.25, 0.3) is 0 Å². The predicted molar refractivity (Wildman–Crippen MR) is 49.8 cm³/mol. The molecule has 1 atom stereocenters. The van der Waals surface area contributed by atoms with Crippen LogP contribution in [0.2, 0.25) is 0 Å². The molecule has 0 aromatic carbocycles. The van der Waals surface area contributed by atoms with Crippen molar-refractivity contribution >= 4 is 0 Å². The molecule has 1 aliphatic carbocycles. The maximum atomic E-state index is 9.55. The number of hydrogen-bond acceptors (Lipinski definition) is 2. The highest BCUT2D eigenvalue weighted by Gasteiger charge is 2.05. The summed E-state index contributed by atoms with van der Waals surface area (Å²) in [5.41, 5.74) is 3.83. The molecule has 12 heavy (non-hydrogen) atoms. The average molecular weight is 163 g/mol. The third-order valence-electron chi connectivity index (χ3n) is 1.62. The van der Waals surface area contributed by atoms with E-state index < -0.39 is 6.10 Å². The zero-order chi connectivity index (χ0) is 8.81. The van der Waals surface area contributed by atoms with Gasteiger partial charge in [-0.25, -0.2) is 0 Å². The fourth-order valence-electron chi connectivity index (χ4n) is 0.989. The van der Waals surface area contributed by atoms with Crippen LogP contribution in [0.1, 0.15) is 0 Å². The quantitative estimate of drug-likeness (QED) is 0.602. The van der Waals surface area contributed by atoms with Gasteiger partial charge in [0.05, 0.1) is 6.10 Å². The van der Waals surface area contributed by atoms with E-state index in [0.29, 0.717) is 6.54 Å². The van der Waals surface area contributed by atoms with Gasteiger partial charge in [0.15, 0.2) is 0 Å². The van der Waals surface area contributed by atoms with E-state index in [1.807, 2.05) is 31.4 Å². The maximum Gasteiger partial charge on any atom is 0.0920 e. The Hall–Kier alpha value is -1.08. The van der Waals surface area contributed by atoms with Gasteiger partial charge in [-0.05, 0) is 24.8 Å². The largest absolute Gasteiger partial charge is 0.387 e. The molecule has 2 nitrogen and oxygen atoms in total. The van der Waals surface area contributed by atoms with E-state index in [-0.39, 0.29) is 0 Å². The van der Waals surface area contributed by atoms with E-state index in [9.17, 15) is 5.11 Å². The SMILES string of the molecule is CNC[C@@H](O)C1=CC=CC=C=C1. The molecular weight excluding hydrogens is 150 g/mol. The molecule has 0 aliphatic heterocycles. The van der Waals surface area contributed by atoms with Crippen molar-refractivity contribution in [1.29, 1.82) is 0 Å². The van der Waals surface area contributed by atoms with Gasteiger partial charge < -0.3 is 10.4 Å². The van der Waals surface area contributed by atoms with Crippen LogP contribution in [0.4, 0.5) is 0 Å². The van der Waals surface area contributed by atoms with Gasteiger partial charge in [-0.2, -0.15) is 0 Å². The van der Waals surface area contributed by atoms with Crippen molar-refractivity contribution in [3.05, 3.63) is 41.7 Å².